The van der Waals surface area contributed by atoms with Gasteiger partial charge in [-0.1, -0.05) is 0 Å². The lowest BCUT2D eigenvalue weighted by Gasteiger charge is -1.87. The van der Waals surface area contributed by atoms with Crippen LogP contribution in [0.5, 0.6) is 0 Å². The first-order chi connectivity index (χ1) is 6.12. The van der Waals surface area contributed by atoms with Crippen LogP contribution in [0.4, 0.5) is 0 Å². The van der Waals surface area contributed by atoms with Crippen molar-refractivity contribution in [2.45, 2.75) is 0 Å². The lowest BCUT2D eigenvalue weighted by atomic mass is 10.8. The van der Waals surface area contributed by atoms with Crippen LogP contribution in [0.2, 0.25) is 0 Å². The molecule has 0 aromatic heterocycles. The van der Waals surface area contributed by atoms with Gasteiger partial charge in [0, 0.05) is 13.1 Å². The van der Waals surface area contributed by atoms with Crippen molar-refractivity contribution in [3.8, 4) is 0 Å². The van der Waals surface area contributed by atoms with E-state index in [9.17, 15) is 16.8 Å². The smallest absolute Gasteiger partial charge is 0.266 e. The first-order valence-corrected chi connectivity index (χ1v) is 6.80. The van der Waals surface area contributed by atoms with Gasteiger partial charge >= 0.3 is 0 Å². The maximum Gasteiger partial charge on any atom is 0.266 e. The van der Waals surface area contributed by atoms with E-state index in [1.54, 1.807) is 0 Å². The molecule has 0 aliphatic rings. The molecule has 0 spiro atoms. The van der Waals surface area contributed by atoms with E-state index in [0.717, 1.165) is 0 Å². The number of rotatable bonds is 4. The average molecular weight is 249 g/mol. The summed E-state index contributed by atoms with van der Waals surface area (Å²) >= 11 is 0. The number of primary sulfonamides is 1. The van der Waals surface area contributed by atoms with Crippen LogP contribution in [0.25, 0.3) is 0 Å². The van der Waals surface area contributed by atoms with E-state index in [-0.39, 0.29) is 24.6 Å². The third kappa shape index (κ3) is 22.6. The van der Waals surface area contributed by atoms with E-state index in [0.29, 0.717) is 0 Å². The first kappa shape index (κ1) is 16.2. The molecule has 8 nitrogen and oxygen atoms in total. The minimum Gasteiger partial charge on any atom is -0.329 e. The van der Waals surface area contributed by atoms with Crippen molar-refractivity contribution in [1.82, 2.24) is 0 Å². The van der Waals surface area contributed by atoms with Crippen molar-refractivity contribution in [3.05, 3.63) is 0 Å². The topological polar surface area (TPSA) is 167 Å². The molecule has 0 heterocycles. The minimum absolute atomic E-state index is 0.0289. The van der Waals surface area contributed by atoms with Crippen LogP contribution in [0.3, 0.4) is 0 Å². The van der Waals surface area contributed by atoms with Crippen LogP contribution in [-0.2, 0) is 20.1 Å². The average Bonchev–Trinajstić information content (AvgIpc) is 1.81. The molecule has 0 fully saturated rings. The number of hydrogen-bond donors (Lipinski definition) is 4. The van der Waals surface area contributed by atoms with Crippen molar-refractivity contribution in [1.29, 1.82) is 0 Å². The van der Waals surface area contributed by atoms with Crippen molar-refractivity contribution in [3.63, 3.8) is 0 Å². The fourth-order valence-electron chi connectivity index (χ4n) is 0.313. The Morgan fingerprint density at radius 1 is 0.929 bits per heavy atom. The number of nitrogens with two attached hydrogens (primary N) is 3. The fraction of sp³-hybridized carbons (Fsp3) is 1.00. The van der Waals surface area contributed by atoms with Gasteiger partial charge in [0.1, 0.15) is 0 Å². The highest BCUT2D eigenvalue weighted by Gasteiger charge is 1.98. The summed E-state index contributed by atoms with van der Waals surface area (Å²) in [6.07, 6.45) is 0. The third-order valence-corrected chi connectivity index (χ3v) is 2.33. The molecule has 0 aliphatic heterocycles. The quantitative estimate of drug-likeness (QED) is 0.387. The van der Waals surface area contributed by atoms with Gasteiger partial charge in [0.25, 0.3) is 10.1 Å². The zero-order valence-corrected chi connectivity index (χ0v) is 9.09. The molecule has 0 radical (unpaired) electrons. The molecule has 0 aromatic carbocycles. The summed E-state index contributed by atoms with van der Waals surface area (Å²) in [6.45, 7) is 0.0671. The predicted octanol–water partition coefficient (Wildman–Crippen LogP) is -2.93. The predicted molar refractivity (Wildman–Crippen MR) is 52.5 cm³/mol. The molecule has 7 N–H and O–H groups in total. The molecule has 0 saturated carbocycles. The molecular formula is C4H15N3O5S2. The number of hydrogen-bond acceptors (Lipinski definition) is 6. The van der Waals surface area contributed by atoms with E-state index in [1.807, 2.05) is 0 Å². The summed E-state index contributed by atoms with van der Waals surface area (Å²) in [7, 11) is -7.10. The summed E-state index contributed by atoms with van der Waals surface area (Å²) in [5, 5.41) is 4.54. The van der Waals surface area contributed by atoms with E-state index in [1.165, 1.54) is 0 Å². The Morgan fingerprint density at radius 3 is 1.29 bits per heavy atom. The molecule has 0 aromatic rings. The van der Waals surface area contributed by atoms with Crippen molar-refractivity contribution in [2.75, 3.05) is 24.6 Å². The molecule has 0 saturated heterocycles. The maximum absolute atomic E-state index is 9.93. The van der Waals surface area contributed by atoms with Gasteiger partial charge in [-0.3, -0.25) is 4.55 Å². The normalized spacial score (nSPS) is 11.7. The monoisotopic (exact) mass is 249 g/mol. The van der Waals surface area contributed by atoms with Gasteiger partial charge in [-0.25, -0.2) is 13.6 Å². The van der Waals surface area contributed by atoms with Gasteiger partial charge in [0.05, 0.1) is 11.5 Å². The minimum atomic E-state index is -3.80. The fourth-order valence-corrected chi connectivity index (χ4v) is 0.940. The second-order valence-corrected chi connectivity index (χ2v) is 5.54. The third-order valence-electron chi connectivity index (χ3n) is 0.778. The summed E-state index contributed by atoms with van der Waals surface area (Å²) in [5.74, 6) is -0.486. The molecule has 88 valence electrons. The molecule has 0 aliphatic carbocycles. The van der Waals surface area contributed by atoms with Gasteiger partial charge < -0.3 is 11.5 Å². The molecular weight excluding hydrogens is 234 g/mol. The SMILES string of the molecule is NCCS(=O)(=O)O.NCCS(N)(=O)=O. The Morgan fingerprint density at radius 2 is 1.29 bits per heavy atom. The standard InChI is InChI=1S/C2H8N2O2S.C2H7NO3S/c2*3-1-2-7(4,5)6/h1-3H2,(H2,4,5,6);1-3H2,(H,4,5,6). The van der Waals surface area contributed by atoms with Gasteiger partial charge in [0.2, 0.25) is 10.0 Å². The van der Waals surface area contributed by atoms with Crippen molar-refractivity contribution < 1.29 is 21.4 Å². The van der Waals surface area contributed by atoms with Crippen molar-refractivity contribution in [2.24, 2.45) is 16.6 Å². The van der Waals surface area contributed by atoms with Gasteiger partial charge in [0.15, 0.2) is 0 Å². The largest absolute Gasteiger partial charge is 0.329 e. The molecule has 10 heteroatoms. The first-order valence-electron chi connectivity index (χ1n) is 3.48. The summed E-state index contributed by atoms with van der Waals surface area (Å²) in [4.78, 5) is 0. The Bertz CT molecular complexity index is 287. The van der Waals surface area contributed by atoms with Crippen LogP contribution in [0.1, 0.15) is 0 Å². The molecule has 0 amide bonds. The van der Waals surface area contributed by atoms with Crippen LogP contribution in [0.15, 0.2) is 0 Å². The molecule has 0 atom stereocenters. The van der Waals surface area contributed by atoms with Gasteiger partial charge in [-0.15, -0.1) is 0 Å². The van der Waals surface area contributed by atoms with Crippen LogP contribution in [-0.4, -0.2) is 46.0 Å². The summed E-state index contributed by atoms with van der Waals surface area (Å²) in [5.41, 5.74) is 9.63. The molecule has 0 unspecified atom stereocenters. The van der Waals surface area contributed by atoms with Crippen LogP contribution < -0.4 is 16.6 Å². The van der Waals surface area contributed by atoms with E-state index < -0.39 is 20.1 Å². The maximum atomic E-state index is 9.93. The Kier molecular flexibility index (Phi) is 8.19. The summed E-state index contributed by atoms with van der Waals surface area (Å²) in [6, 6.07) is 0. The summed E-state index contributed by atoms with van der Waals surface area (Å²) < 4.78 is 47.2. The highest BCUT2D eigenvalue weighted by Crippen LogP contribution is 1.74. The lowest BCUT2D eigenvalue weighted by Crippen LogP contribution is -2.22. The van der Waals surface area contributed by atoms with Crippen LogP contribution >= 0.6 is 0 Å². The zero-order valence-electron chi connectivity index (χ0n) is 7.46. The Balaban J connectivity index is 0. The highest BCUT2D eigenvalue weighted by molar-refractivity contribution is 7.89. The van der Waals surface area contributed by atoms with Gasteiger partial charge in [-0.2, -0.15) is 8.42 Å². The van der Waals surface area contributed by atoms with E-state index in [4.69, 9.17) is 16.0 Å². The van der Waals surface area contributed by atoms with E-state index in [2.05, 4.69) is 5.14 Å². The number of sulfonamides is 1. The van der Waals surface area contributed by atoms with Gasteiger partial charge in [-0.05, 0) is 0 Å². The van der Waals surface area contributed by atoms with E-state index >= 15 is 0 Å². The van der Waals surface area contributed by atoms with Crippen LogP contribution in [0, 0.1) is 0 Å². The highest BCUT2D eigenvalue weighted by atomic mass is 32.2. The Labute approximate surface area is 83.2 Å². The lowest BCUT2D eigenvalue weighted by molar-refractivity contribution is 0.483. The van der Waals surface area contributed by atoms with Crippen molar-refractivity contribution >= 4 is 20.1 Å². The Hall–Kier alpha value is -0.260. The molecule has 14 heavy (non-hydrogen) atoms. The molecule has 0 bridgehead atoms. The molecule has 0 rings (SSSR count). The zero-order chi connectivity index (χ0) is 11.8. The second-order valence-electron chi connectivity index (χ2n) is 2.23. The second kappa shape index (κ2) is 7.09.